The first kappa shape index (κ1) is 17.0. The highest BCUT2D eigenvalue weighted by molar-refractivity contribution is 7.90. The van der Waals surface area contributed by atoms with Crippen LogP contribution in [0.3, 0.4) is 0 Å². The summed E-state index contributed by atoms with van der Waals surface area (Å²) in [7, 11) is -3.33. The van der Waals surface area contributed by atoms with Crippen LogP contribution in [0.4, 0.5) is 0 Å². The second kappa shape index (κ2) is 6.38. The van der Waals surface area contributed by atoms with Crippen molar-refractivity contribution in [3.63, 3.8) is 0 Å². The number of hydrogen-bond acceptors (Lipinski definition) is 3. The summed E-state index contributed by atoms with van der Waals surface area (Å²) in [6.07, 6.45) is 0.492. The molecule has 1 atom stereocenters. The number of amides is 1. The first-order valence-electron chi connectivity index (χ1n) is 7.62. The lowest BCUT2D eigenvalue weighted by Gasteiger charge is -2.29. The van der Waals surface area contributed by atoms with Crippen molar-refractivity contribution >= 4 is 15.9 Å². The Kier molecular flexibility index (Phi) is 4.92. The maximum atomic E-state index is 12.8. The smallest absolute Gasteiger partial charge is 0.232 e. The molecule has 0 radical (unpaired) electrons. The Morgan fingerprint density at radius 2 is 1.95 bits per heavy atom. The zero-order valence-corrected chi connectivity index (χ0v) is 14.2. The van der Waals surface area contributed by atoms with Gasteiger partial charge in [0, 0.05) is 19.6 Å². The van der Waals surface area contributed by atoms with E-state index in [1.807, 2.05) is 44.2 Å². The fraction of sp³-hybridized carbons (Fsp3) is 0.562. The van der Waals surface area contributed by atoms with Crippen LogP contribution in [-0.2, 0) is 20.2 Å². The van der Waals surface area contributed by atoms with E-state index in [4.69, 9.17) is 0 Å². The van der Waals surface area contributed by atoms with Crippen molar-refractivity contribution < 1.29 is 13.2 Å². The molecule has 0 aromatic heterocycles. The number of nitrogens with zero attached hydrogens (tertiary/aromatic N) is 1. The van der Waals surface area contributed by atoms with Crippen LogP contribution in [0.2, 0.25) is 0 Å². The van der Waals surface area contributed by atoms with Crippen molar-refractivity contribution in [2.24, 2.45) is 0 Å². The Labute approximate surface area is 132 Å². The lowest BCUT2D eigenvalue weighted by molar-refractivity contribution is -0.135. The number of hydrogen-bond donors (Lipinski definition) is 1. The molecule has 1 aromatic rings. The van der Waals surface area contributed by atoms with Gasteiger partial charge < -0.3 is 4.90 Å². The number of carbonyl (C=O) groups excluding carboxylic acids is 1. The maximum absolute atomic E-state index is 12.8. The van der Waals surface area contributed by atoms with Gasteiger partial charge in [0.05, 0.1) is 10.7 Å². The molecule has 1 heterocycles. The van der Waals surface area contributed by atoms with Gasteiger partial charge in [-0.15, -0.1) is 0 Å². The normalized spacial score (nSPS) is 19.4. The summed E-state index contributed by atoms with van der Waals surface area (Å²) >= 11 is 0. The molecule has 1 amide bonds. The van der Waals surface area contributed by atoms with E-state index in [2.05, 4.69) is 4.72 Å². The Hall–Kier alpha value is -1.40. The standard InChI is InChI=1S/C16H24N2O3S/c1-4-17-22(20,21)14-10-11-18(12-14)15(19)16(2,3)13-8-6-5-7-9-13/h5-9,14,17H,4,10-12H2,1-3H3. The van der Waals surface area contributed by atoms with Gasteiger partial charge in [0.15, 0.2) is 0 Å². The summed E-state index contributed by atoms with van der Waals surface area (Å²) in [5.74, 6) is -0.0205. The van der Waals surface area contributed by atoms with Crippen molar-refractivity contribution in [1.29, 1.82) is 0 Å². The quantitative estimate of drug-likeness (QED) is 0.893. The molecule has 0 aliphatic carbocycles. The molecular formula is C16H24N2O3S. The van der Waals surface area contributed by atoms with Crippen LogP contribution in [0, 0.1) is 0 Å². The van der Waals surface area contributed by atoms with Crippen molar-refractivity contribution in [2.75, 3.05) is 19.6 Å². The number of rotatable bonds is 5. The molecule has 1 unspecified atom stereocenters. The van der Waals surface area contributed by atoms with E-state index < -0.39 is 20.7 Å². The van der Waals surface area contributed by atoms with Gasteiger partial charge in [-0.05, 0) is 25.8 Å². The van der Waals surface area contributed by atoms with E-state index in [9.17, 15) is 13.2 Å². The van der Waals surface area contributed by atoms with Gasteiger partial charge in [-0.2, -0.15) is 0 Å². The van der Waals surface area contributed by atoms with Gasteiger partial charge in [-0.3, -0.25) is 4.79 Å². The van der Waals surface area contributed by atoms with Crippen molar-refractivity contribution in [3.05, 3.63) is 35.9 Å². The lowest BCUT2D eigenvalue weighted by atomic mass is 9.83. The maximum Gasteiger partial charge on any atom is 0.232 e. The molecule has 1 aromatic carbocycles. The molecule has 1 aliphatic heterocycles. The Bertz CT molecular complexity index is 626. The van der Waals surface area contributed by atoms with E-state index in [0.29, 0.717) is 19.5 Å². The fourth-order valence-electron chi connectivity index (χ4n) is 2.86. The zero-order valence-electron chi connectivity index (χ0n) is 13.4. The summed E-state index contributed by atoms with van der Waals surface area (Å²) < 4.78 is 26.7. The van der Waals surface area contributed by atoms with Gasteiger partial charge in [-0.25, -0.2) is 13.1 Å². The molecule has 22 heavy (non-hydrogen) atoms. The minimum Gasteiger partial charge on any atom is -0.341 e. The average Bonchev–Trinajstić information content (AvgIpc) is 2.98. The third kappa shape index (κ3) is 3.33. The second-order valence-corrected chi connectivity index (χ2v) is 8.24. The second-order valence-electron chi connectivity index (χ2n) is 6.20. The lowest BCUT2D eigenvalue weighted by Crippen LogP contribution is -2.44. The van der Waals surface area contributed by atoms with Gasteiger partial charge in [-0.1, -0.05) is 37.3 Å². The molecule has 2 rings (SSSR count). The van der Waals surface area contributed by atoms with Crippen LogP contribution in [-0.4, -0.2) is 44.1 Å². The number of nitrogens with one attached hydrogen (secondary N) is 1. The van der Waals surface area contributed by atoms with E-state index in [-0.39, 0.29) is 12.5 Å². The highest BCUT2D eigenvalue weighted by atomic mass is 32.2. The SMILES string of the molecule is CCNS(=O)(=O)C1CCN(C(=O)C(C)(C)c2ccccc2)C1. The number of carbonyl (C=O) groups is 1. The number of sulfonamides is 1. The van der Waals surface area contributed by atoms with Crippen LogP contribution in [0.1, 0.15) is 32.8 Å². The van der Waals surface area contributed by atoms with Gasteiger partial charge in [0.1, 0.15) is 0 Å². The van der Waals surface area contributed by atoms with E-state index >= 15 is 0 Å². The monoisotopic (exact) mass is 324 g/mol. The van der Waals surface area contributed by atoms with Crippen molar-refractivity contribution in [2.45, 2.75) is 37.9 Å². The first-order valence-corrected chi connectivity index (χ1v) is 9.17. The fourth-order valence-corrected chi connectivity index (χ4v) is 4.29. The Morgan fingerprint density at radius 1 is 1.32 bits per heavy atom. The van der Waals surface area contributed by atoms with Crippen LogP contribution < -0.4 is 4.72 Å². The van der Waals surface area contributed by atoms with E-state index in [0.717, 1.165) is 5.56 Å². The number of likely N-dealkylation sites (tertiary alicyclic amines) is 1. The largest absolute Gasteiger partial charge is 0.341 e. The van der Waals surface area contributed by atoms with E-state index in [1.54, 1.807) is 11.8 Å². The summed E-state index contributed by atoms with van der Waals surface area (Å²) in [4.78, 5) is 14.5. The minimum atomic E-state index is -3.33. The molecule has 6 heteroatoms. The van der Waals surface area contributed by atoms with Crippen LogP contribution in [0.15, 0.2) is 30.3 Å². The van der Waals surface area contributed by atoms with Crippen molar-refractivity contribution in [1.82, 2.24) is 9.62 Å². The van der Waals surface area contributed by atoms with Gasteiger partial charge in [0.25, 0.3) is 0 Å². The predicted octanol–water partition coefficient (Wildman–Crippen LogP) is 1.50. The topological polar surface area (TPSA) is 66.5 Å². The van der Waals surface area contributed by atoms with Gasteiger partial charge >= 0.3 is 0 Å². The van der Waals surface area contributed by atoms with Crippen LogP contribution >= 0.6 is 0 Å². The highest BCUT2D eigenvalue weighted by Crippen LogP contribution is 2.28. The average molecular weight is 324 g/mol. The molecule has 1 fully saturated rings. The molecule has 0 bridgehead atoms. The Morgan fingerprint density at radius 3 is 2.55 bits per heavy atom. The molecular weight excluding hydrogens is 300 g/mol. The van der Waals surface area contributed by atoms with Crippen LogP contribution in [0.25, 0.3) is 0 Å². The molecule has 1 N–H and O–H groups in total. The predicted molar refractivity (Wildman–Crippen MR) is 87.0 cm³/mol. The number of benzene rings is 1. The van der Waals surface area contributed by atoms with E-state index in [1.165, 1.54) is 0 Å². The molecule has 1 saturated heterocycles. The van der Waals surface area contributed by atoms with Crippen molar-refractivity contribution in [3.8, 4) is 0 Å². The molecule has 0 spiro atoms. The van der Waals surface area contributed by atoms with Crippen LogP contribution in [0.5, 0.6) is 0 Å². The summed E-state index contributed by atoms with van der Waals surface area (Å²) in [5, 5.41) is -0.511. The summed E-state index contributed by atoms with van der Waals surface area (Å²) in [6, 6.07) is 9.60. The third-order valence-corrected chi connectivity index (χ3v) is 6.20. The molecule has 1 aliphatic rings. The molecule has 5 nitrogen and oxygen atoms in total. The minimum absolute atomic E-state index is 0.0205. The third-order valence-electron chi connectivity index (χ3n) is 4.25. The molecule has 122 valence electrons. The highest BCUT2D eigenvalue weighted by Gasteiger charge is 2.40. The summed E-state index contributed by atoms with van der Waals surface area (Å²) in [6.45, 7) is 6.67. The summed E-state index contributed by atoms with van der Waals surface area (Å²) in [5.41, 5.74) is 0.288. The first-order chi connectivity index (χ1) is 10.3. The van der Waals surface area contributed by atoms with Gasteiger partial charge in [0.2, 0.25) is 15.9 Å². The zero-order chi connectivity index (χ0) is 16.4. The molecule has 0 saturated carbocycles. The Balaban J connectivity index is 2.12.